The predicted molar refractivity (Wildman–Crippen MR) is 89.7 cm³/mol. The van der Waals surface area contributed by atoms with Crippen LogP contribution in [0.2, 0.25) is 0 Å². The molecule has 1 amide bonds. The van der Waals surface area contributed by atoms with Crippen LogP contribution in [-0.4, -0.2) is 46.1 Å². The summed E-state index contributed by atoms with van der Waals surface area (Å²) in [5.41, 5.74) is 0. The number of nitrogens with zero attached hydrogens (tertiary/aromatic N) is 3. The average Bonchev–Trinajstić information content (AvgIpc) is 3.11. The molecule has 132 valence electrons. The molecule has 2 aliphatic carbocycles. The molecule has 1 saturated heterocycles. The normalized spacial score (nSPS) is 27.3. The fourth-order valence-corrected chi connectivity index (χ4v) is 4.04. The van der Waals surface area contributed by atoms with E-state index in [2.05, 4.69) is 20.4 Å². The van der Waals surface area contributed by atoms with Crippen molar-refractivity contribution in [2.75, 3.05) is 13.1 Å². The Hall–Kier alpha value is -1.43. The van der Waals surface area contributed by atoms with Crippen LogP contribution < -0.4 is 5.32 Å². The quantitative estimate of drug-likeness (QED) is 0.897. The third-order valence-electron chi connectivity index (χ3n) is 5.83. The molecular weight excluding hydrogens is 304 g/mol. The highest BCUT2D eigenvalue weighted by Crippen LogP contribution is 2.39. The number of hydrogen-bond donors (Lipinski definition) is 1. The fourth-order valence-electron chi connectivity index (χ4n) is 4.04. The first kappa shape index (κ1) is 16.1. The lowest BCUT2D eigenvalue weighted by Crippen LogP contribution is -2.50. The lowest BCUT2D eigenvalue weighted by atomic mass is 9.96. The molecule has 3 aliphatic rings. The van der Waals surface area contributed by atoms with Gasteiger partial charge in [-0.2, -0.15) is 4.98 Å². The first-order valence-electron chi connectivity index (χ1n) is 9.58. The molecule has 0 unspecified atom stereocenters. The van der Waals surface area contributed by atoms with Gasteiger partial charge in [0.15, 0.2) is 5.82 Å². The van der Waals surface area contributed by atoms with Gasteiger partial charge < -0.3 is 9.84 Å². The number of carbonyl (C=O) groups is 1. The summed E-state index contributed by atoms with van der Waals surface area (Å²) < 4.78 is 5.41. The molecular formula is C18H28N4O2. The van der Waals surface area contributed by atoms with Gasteiger partial charge in [0.25, 0.3) is 0 Å². The Morgan fingerprint density at radius 1 is 1.17 bits per heavy atom. The standard InChI is InChI=1S/C18H28N4O2/c1-12(17(23)19-15-6-2-3-7-15)22-10-4-5-14(11-22)16-20-18(24-21-16)13-8-9-13/h12-15H,2-11H2,1H3,(H,19,23)/t12-,14+/m0/s1. The summed E-state index contributed by atoms with van der Waals surface area (Å²) in [6.07, 6.45) is 9.27. The summed E-state index contributed by atoms with van der Waals surface area (Å²) >= 11 is 0. The number of carbonyl (C=O) groups excluding carboxylic acids is 1. The molecule has 2 atom stereocenters. The van der Waals surface area contributed by atoms with Crippen LogP contribution in [0.15, 0.2) is 4.52 Å². The van der Waals surface area contributed by atoms with Crippen molar-refractivity contribution >= 4 is 5.91 Å². The summed E-state index contributed by atoms with van der Waals surface area (Å²) in [5.74, 6) is 2.62. The van der Waals surface area contributed by atoms with Crippen LogP contribution in [-0.2, 0) is 4.79 Å². The maximum Gasteiger partial charge on any atom is 0.237 e. The van der Waals surface area contributed by atoms with E-state index in [1.165, 1.54) is 25.7 Å². The zero-order valence-corrected chi connectivity index (χ0v) is 14.5. The summed E-state index contributed by atoms with van der Waals surface area (Å²) in [7, 11) is 0. The number of likely N-dealkylation sites (tertiary alicyclic amines) is 1. The van der Waals surface area contributed by atoms with Crippen molar-refractivity contribution in [3.05, 3.63) is 11.7 Å². The van der Waals surface area contributed by atoms with E-state index in [-0.39, 0.29) is 17.9 Å². The van der Waals surface area contributed by atoms with E-state index >= 15 is 0 Å². The van der Waals surface area contributed by atoms with Crippen molar-refractivity contribution in [2.24, 2.45) is 0 Å². The Balaban J connectivity index is 1.35. The maximum absolute atomic E-state index is 12.5. The van der Waals surface area contributed by atoms with Crippen LogP contribution in [0.1, 0.15) is 81.8 Å². The number of amides is 1. The molecule has 24 heavy (non-hydrogen) atoms. The summed E-state index contributed by atoms with van der Waals surface area (Å²) in [5, 5.41) is 7.44. The predicted octanol–water partition coefficient (Wildman–Crippen LogP) is 2.57. The molecule has 2 heterocycles. The van der Waals surface area contributed by atoms with Crippen molar-refractivity contribution in [1.82, 2.24) is 20.4 Å². The van der Waals surface area contributed by atoms with E-state index in [0.29, 0.717) is 12.0 Å². The zero-order chi connectivity index (χ0) is 16.5. The van der Waals surface area contributed by atoms with E-state index in [4.69, 9.17) is 4.52 Å². The molecule has 0 spiro atoms. The Bertz CT molecular complexity index is 577. The highest BCUT2D eigenvalue weighted by Gasteiger charge is 2.34. The fraction of sp³-hybridized carbons (Fsp3) is 0.833. The van der Waals surface area contributed by atoms with Crippen LogP contribution in [0.3, 0.4) is 0 Å². The molecule has 0 bridgehead atoms. The molecule has 4 rings (SSSR count). The molecule has 1 N–H and O–H groups in total. The van der Waals surface area contributed by atoms with Crippen molar-refractivity contribution in [3.63, 3.8) is 0 Å². The van der Waals surface area contributed by atoms with Crippen molar-refractivity contribution in [2.45, 2.75) is 82.2 Å². The summed E-state index contributed by atoms with van der Waals surface area (Å²) in [4.78, 5) is 19.4. The summed E-state index contributed by atoms with van der Waals surface area (Å²) in [6, 6.07) is 0.307. The molecule has 3 fully saturated rings. The minimum atomic E-state index is -0.0804. The third kappa shape index (κ3) is 3.48. The van der Waals surface area contributed by atoms with Gasteiger partial charge >= 0.3 is 0 Å². The Morgan fingerprint density at radius 2 is 1.96 bits per heavy atom. The Morgan fingerprint density at radius 3 is 2.71 bits per heavy atom. The van der Waals surface area contributed by atoms with E-state index in [1.54, 1.807) is 0 Å². The highest BCUT2D eigenvalue weighted by molar-refractivity contribution is 5.81. The van der Waals surface area contributed by atoms with Gasteiger partial charge in [-0.25, -0.2) is 0 Å². The van der Waals surface area contributed by atoms with Gasteiger partial charge in [0, 0.05) is 24.4 Å². The largest absolute Gasteiger partial charge is 0.352 e. The van der Waals surface area contributed by atoms with Crippen molar-refractivity contribution in [3.8, 4) is 0 Å². The lowest BCUT2D eigenvalue weighted by molar-refractivity contribution is -0.127. The molecule has 6 heteroatoms. The minimum absolute atomic E-state index is 0.0804. The minimum Gasteiger partial charge on any atom is -0.352 e. The Kier molecular flexibility index (Phi) is 4.57. The SMILES string of the molecule is C[C@@H](C(=O)NC1CCCC1)N1CCC[C@@H](c2noc(C3CC3)n2)C1. The molecule has 0 radical (unpaired) electrons. The molecule has 6 nitrogen and oxygen atoms in total. The topological polar surface area (TPSA) is 71.3 Å². The van der Waals surface area contributed by atoms with Crippen molar-refractivity contribution in [1.29, 1.82) is 0 Å². The second-order valence-electron chi connectivity index (χ2n) is 7.77. The van der Waals surface area contributed by atoms with E-state index in [9.17, 15) is 4.79 Å². The summed E-state index contributed by atoms with van der Waals surface area (Å²) in [6.45, 7) is 3.85. The molecule has 1 aromatic heterocycles. The van der Waals surface area contributed by atoms with Gasteiger partial charge in [-0.15, -0.1) is 0 Å². The van der Waals surface area contributed by atoms with E-state index in [1.807, 2.05) is 6.92 Å². The van der Waals surface area contributed by atoms with Crippen LogP contribution in [0.5, 0.6) is 0 Å². The first-order chi connectivity index (χ1) is 11.7. The smallest absolute Gasteiger partial charge is 0.237 e. The molecule has 1 aromatic rings. The van der Waals surface area contributed by atoms with Crippen LogP contribution in [0.25, 0.3) is 0 Å². The van der Waals surface area contributed by atoms with Gasteiger partial charge in [-0.1, -0.05) is 18.0 Å². The van der Waals surface area contributed by atoms with Gasteiger partial charge in [0.05, 0.1) is 6.04 Å². The van der Waals surface area contributed by atoms with Crippen LogP contribution in [0.4, 0.5) is 0 Å². The van der Waals surface area contributed by atoms with Gasteiger partial charge in [0.1, 0.15) is 0 Å². The van der Waals surface area contributed by atoms with Gasteiger partial charge in [0.2, 0.25) is 11.8 Å². The number of aromatic nitrogens is 2. The number of rotatable bonds is 5. The number of hydrogen-bond acceptors (Lipinski definition) is 5. The monoisotopic (exact) mass is 332 g/mol. The second kappa shape index (κ2) is 6.82. The molecule has 1 aliphatic heterocycles. The maximum atomic E-state index is 12.5. The number of nitrogens with one attached hydrogen (secondary N) is 1. The average molecular weight is 332 g/mol. The number of piperidine rings is 1. The molecule has 2 saturated carbocycles. The van der Waals surface area contributed by atoms with Crippen LogP contribution >= 0.6 is 0 Å². The highest BCUT2D eigenvalue weighted by atomic mass is 16.5. The third-order valence-corrected chi connectivity index (χ3v) is 5.83. The van der Waals surface area contributed by atoms with Crippen molar-refractivity contribution < 1.29 is 9.32 Å². The van der Waals surface area contributed by atoms with E-state index < -0.39 is 0 Å². The van der Waals surface area contributed by atoms with E-state index in [0.717, 1.165) is 50.5 Å². The van der Waals surface area contributed by atoms with Gasteiger partial charge in [-0.3, -0.25) is 9.69 Å². The molecule has 0 aromatic carbocycles. The van der Waals surface area contributed by atoms with Gasteiger partial charge in [-0.05, 0) is 52.0 Å². The zero-order valence-electron chi connectivity index (χ0n) is 14.5. The lowest BCUT2D eigenvalue weighted by Gasteiger charge is -2.35. The van der Waals surface area contributed by atoms with Crippen LogP contribution in [0, 0.1) is 0 Å². The Labute approximate surface area is 143 Å². The second-order valence-corrected chi connectivity index (χ2v) is 7.77. The first-order valence-corrected chi connectivity index (χ1v) is 9.58.